The van der Waals surface area contributed by atoms with Crippen LogP contribution in [-0.2, 0) is 6.54 Å². The first-order chi connectivity index (χ1) is 9.49. The number of pyridine rings is 1. The Labute approximate surface area is 119 Å². The molecule has 1 atom stereocenters. The van der Waals surface area contributed by atoms with E-state index in [4.69, 9.17) is 5.73 Å². The minimum Gasteiger partial charge on any atom is -0.370 e. The molecule has 1 aromatic carbocycles. The molecule has 1 heterocycles. The SMILES string of the molecule is Cc1cc(N(C)Cc2ccncc2)c(C(C)N)cc1F. The standard InChI is InChI=1S/C16H20FN3/c1-11-8-16(14(12(2)18)9-15(11)17)20(3)10-13-4-6-19-7-5-13/h4-9,12H,10,18H2,1-3H3. The van der Waals surface area contributed by atoms with Gasteiger partial charge in [0.1, 0.15) is 5.82 Å². The molecule has 0 saturated carbocycles. The average Bonchev–Trinajstić information content (AvgIpc) is 2.42. The second-order valence-electron chi connectivity index (χ2n) is 5.16. The number of aromatic nitrogens is 1. The zero-order valence-electron chi connectivity index (χ0n) is 12.1. The third kappa shape index (κ3) is 3.14. The fourth-order valence-electron chi connectivity index (χ4n) is 2.22. The molecule has 0 aliphatic rings. The van der Waals surface area contributed by atoms with Crippen LogP contribution in [0.2, 0.25) is 0 Å². The van der Waals surface area contributed by atoms with Gasteiger partial charge in [-0.3, -0.25) is 4.98 Å². The molecule has 0 bridgehead atoms. The van der Waals surface area contributed by atoms with Crippen molar-refractivity contribution < 1.29 is 4.39 Å². The van der Waals surface area contributed by atoms with Gasteiger partial charge in [-0.05, 0) is 54.8 Å². The molecule has 0 amide bonds. The van der Waals surface area contributed by atoms with Crippen molar-refractivity contribution >= 4 is 5.69 Å². The van der Waals surface area contributed by atoms with Gasteiger partial charge in [-0.15, -0.1) is 0 Å². The van der Waals surface area contributed by atoms with Gasteiger partial charge in [0.15, 0.2) is 0 Å². The lowest BCUT2D eigenvalue weighted by Gasteiger charge is -2.25. The number of rotatable bonds is 4. The van der Waals surface area contributed by atoms with E-state index >= 15 is 0 Å². The number of hydrogen-bond acceptors (Lipinski definition) is 3. The Kier molecular flexibility index (Phi) is 4.35. The second kappa shape index (κ2) is 6.01. The van der Waals surface area contributed by atoms with Gasteiger partial charge in [0.05, 0.1) is 0 Å². The molecule has 0 saturated heterocycles. The Morgan fingerprint density at radius 2 is 1.95 bits per heavy atom. The van der Waals surface area contributed by atoms with Crippen molar-refractivity contribution in [3.8, 4) is 0 Å². The molecule has 2 rings (SSSR count). The van der Waals surface area contributed by atoms with E-state index in [0.29, 0.717) is 5.56 Å². The van der Waals surface area contributed by atoms with E-state index in [-0.39, 0.29) is 11.9 Å². The highest BCUT2D eigenvalue weighted by atomic mass is 19.1. The zero-order chi connectivity index (χ0) is 14.7. The maximum Gasteiger partial charge on any atom is 0.126 e. The maximum absolute atomic E-state index is 13.7. The summed E-state index contributed by atoms with van der Waals surface area (Å²) in [5.74, 6) is -0.210. The van der Waals surface area contributed by atoms with Crippen molar-refractivity contribution in [1.29, 1.82) is 0 Å². The smallest absolute Gasteiger partial charge is 0.126 e. The Morgan fingerprint density at radius 1 is 1.30 bits per heavy atom. The van der Waals surface area contributed by atoms with Crippen molar-refractivity contribution in [3.05, 3.63) is 59.2 Å². The third-order valence-electron chi connectivity index (χ3n) is 3.38. The van der Waals surface area contributed by atoms with Gasteiger partial charge in [0.25, 0.3) is 0 Å². The monoisotopic (exact) mass is 273 g/mol. The number of hydrogen-bond donors (Lipinski definition) is 1. The highest BCUT2D eigenvalue weighted by Crippen LogP contribution is 2.28. The summed E-state index contributed by atoms with van der Waals surface area (Å²) in [6.07, 6.45) is 3.54. The summed E-state index contributed by atoms with van der Waals surface area (Å²) in [7, 11) is 1.99. The first-order valence-electron chi connectivity index (χ1n) is 6.64. The number of anilines is 1. The Morgan fingerprint density at radius 3 is 2.55 bits per heavy atom. The molecule has 0 aliphatic heterocycles. The summed E-state index contributed by atoms with van der Waals surface area (Å²) < 4.78 is 13.7. The van der Waals surface area contributed by atoms with Crippen LogP contribution in [0.15, 0.2) is 36.7 Å². The van der Waals surface area contributed by atoms with E-state index in [1.807, 2.05) is 32.2 Å². The van der Waals surface area contributed by atoms with Gasteiger partial charge < -0.3 is 10.6 Å². The van der Waals surface area contributed by atoms with E-state index in [1.54, 1.807) is 25.4 Å². The van der Waals surface area contributed by atoms with Gasteiger partial charge in [0.2, 0.25) is 0 Å². The molecule has 3 nitrogen and oxygen atoms in total. The summed E-state index contributed by atoms with van der Waals surface area (Å²) >= 11 is 0. The zero-order valence-corrected chi connectivity index (χ0v) is 12.1. The predicted molar refractivity (Wildman–Crippen MR) is 80.1 cm³/mol. The minimum atomic E-state index is -0.210. The number of aryl methyl sites for hydroxylation is 1. The van der Waals surface area contributed by atoms with Crippen LogP contribution in [0.4, 0.5) is 10.1 Å². The van der Waals surface area contributed by atoms with Crippen LogP contribution in [0.25, 0.3) is 0 Å². The molecular weight excluding hydrogens is 253 g/mol. The van der Waals surface area contributed by atoms with Crippen LogP contribution in [0.5, 0.6) is 0 Å². The highest BCUT2D eigenvalue weighted by molar-refractivity contribution is 5.56. The van der Waals surface area contributed by atoms with E-state index in [9.17, 15) is 4.39 Å². The van der Waals surface area contributed by atoms with E-state index in [1.165, 1.54) is 0 Å². The number of benzene rings is 1. The lowest BCUT2D eigenvalue weighted by Crippen LogP contribution is -2.20. The van der Waals surface area contributed by atoms with Crippen LogP contribution in [0.1, 0.15) is 29.7 Å². The third-order valence-corrected chi connectivity index (χ3v) is 3.38. The molecule has 2 aromatic rings. The lowest BCUT2D eigenvalue weighted by molar-refractivity contribution is 0.612. The van der Waals surface area contributed by atoms with E-state index in [0.717, 1.165) is 23.4 Å². The molecule has 20 heavy (non-hydrogen) atoms. The molecule has 0 fully saturated rings. The Balaban J connectivity index is 2.33. The fourth-order valence-corrected chi connectivity index (χ4v) is 2.22. The van der Waals surface area contributed by atoms with Gasteiger partial charge in [-0.25, -0.2) is 4.39 Å². The largest absolute Gasteiger partial charge is 0.370 e. The molecular formula is C16H20FN3. The van der Waals surface area contributed by atoms with Crippen molar-refractivity contribution in [1.82, 2.24) is 4.98 Å². The van der Waals surface area contributed by atoms with Crippen molar-refractivity contribution in [2.75, 3.05) is 11.9 Å². The number of nitrogens with zero attached hydrogens (tertiary/aromatic N) is 2. The first kappa shape index (κ1) is 14.5. The van der Waals surface area contributed by atoms with Gasteiger partial charge in [-0.1, -0.05) is 0 Å². The molecule has 2 N–H and O–H groups in total. The number of nitrogens with two attached hydrogens (primary N) is 1. The van der Waals surface area contributed by atoms with Crippen LogP contribution in [0.3, 0.4) is 0 Å². The fraction of sp³-hybridized carbons (Fsp3) is 0.312. The Bertz CT molecular complexity index is 582. The maximum atomic E-state index is 13.7. The van der Waals surface area contributed by atoms with Crippen molar-refractivity contribution in [2.24, 2.45) is 5.73 Å². The minimum absolute atomic E-state index is 0.208. The van der Waals surface area contributed by atoms with Gasteiger partial charge in [0, 0.05) is 37.7 Å². The second-order valence-corrected chi connectivity index (χ2v) is 5.16. The van der Waals surface area contributed by atoms with Crippen LogP contribution < -0.4 is 10.6 Å². The first-order valence-corrected chi connectivity index (χ1v) is 6.64. The summed E-state index contributed by atoms with van der Waals surface area (Å²) in [6, 6.07) is 7.13. The summed E-state index contributed by atoms with van der Waals surface area (Å²) in [5.41, 5.74) is 9.54. The topological polar surface area (TPSA) is 42.2 Å². The Hall–Kier alpha value is -1.94. The summed E-state index contributed by atoms with van der Waals surface area (Å²) in [6.45, 7) is 4.37. The molecule has 106 valence electrons. The molecule has 0 radical (unpaired) electrons. The summed E-state index contributed by atoms with van der Waals surface area (Å²) in [5, 5.41) is 0. The average molecular weight is 273 g/mol. The molecule has 1 unspecified atom stereocenters. The van der Waals surface area contributed by atoms with Crippen LogP contribution in [-0.4, -0.2) is 12.0 Å². The number of halogens is 1. The predicted octanol–water partition coefficient (Wildman–Crippen LogP) is 3.19. The highest BCUT2D eigenvalue weighted by Gasteiger charge is 2.14. The van der Waals surface area contributed by atoms with Crippen molar-refractivity contribution in [2.45, 2.75) is 26.4 Å². The molecule has 1 aromatic heterocycles. The van der Waals surface area contributed by atoms with Crippen LogP contribution in [0, 0.1) is 12.7 Å². The lowest BCUT2D eigenvalue weighted by atomic mass is 10.0. The van der Waals surface area contributed by atoms with Gasteiger partial charge >= 0.3 is 0 Å². The van der Waals surface area contributed by atoms with E-state index in [2.05, 4.69) is 9.88 Å². The normalized spacial score (nSPS) is 12.2. The molecule has 4 heteroatoms. The summed E-state index contributed by atoms with van der Waals surface area (Å²) in [4.78, 5) is 6.09. The van der Waals surface area contributed by atoms with Crippen molar-refractivity contribution in [3.63, 3.8) is 0 Å². The quantitative estimate of drug-likeness (QED) is 0.930. The van der Waals surface area contributed by atoms with Gasteiger partial charge in [-0.2, -0.15) is 0 Å². The van der Waals surface area contributed by atoms with E-state index < -0.39 is 0 Å². The molecule has 0 aliphatic carbocycles. The van der Waals surface area contributed by atoms with Crippen LogP contribution >= 0.6 is 0 Å². The molecule has 0 spiro atoms.